The topological polar surface area (TPSA) is 21.3 Å². The van der Waals surface area contributed by atoms with Gasteiger partial charge in [-0.2, -0.15) is 0 Å². The lowest BCUT2D eigenvalue weighted by molar-refractivity contribution is 0.107. The molecule has 2 nitrogen and oxygen atoms in total. The van der Waals surface area contributed by atoms with Gasteiger partial charge in [0, 0.05) is 12.2 Å². The molecule has 0 aliphatic heterocycles. The number of likely N-dealkylation sites (N-methyl/N-ethyl adjacent to an activating group) is 1. The summed E-state index contributed by atoms with van der Waals surface area (Å²) in [7, 11) is 0. The van der Waals surface area contributed by atoms with E-state index in [9.17, 15) is 8.78 Å². The fraction of sp³-hybridized carbons (Fsp3) is 0.600. The van der Waals surface area contributed by atoms with Gasteiger partial charge in [0.15, 0.2) is 11.6 Å². The molecule has 1 atom stereocenters. The molecule has 4 heteroatoms. The molecule has 0 saturated carbocycles. The van der Waals surface area contributed by atoms with Gasteiger partial charge < -0.3 is 10.1 Å². The van der Waals surface area contributed by atoms with E-state index >= 15 is 0 Å². The highest BCUT2D eigenvalue weighted by molar-refractivity contribution is 5.22. The summed E-state index contributed by atoms with van der Waals surface area (Å²) in [6.07, 6.45) is 3.26. The molecule has 1 unspecified atom stereocenters. The lowest BCUT2D eigenvalue weighted by Gasteiger charge is -2.19. The number of rotatable bonds is 9. The molecule has 0 amide bonds. The third-order valence-electron chi connectivity index (χ3n) is 2.98. The Bertz CT molecular complexity index is 371. The van der Waals surface area contributed by atoms with E-state index in [1.807, 2.05) is 6.92 Å². The van der Waals surface area contributed by atoms with Crippen LogP contribution in [0.2, 0.25) is 0 Å². The van der Waals surface area contributed by atoms with Crippen LogP contribution in [0.25, 0.3) is 0 Å². The van der Waals surface area contributed by atoms with Crippen molar-refractivity contribution >= 4 is 0 Å². The first-order valence-corrected chi connectivity index (χ1v) is 6.95. The van der Waals surface area contributed by atoms with Gasteiger partial charge in [0.2, 0.25) is 0 Å². The largest absolute Gasteiger partial charge is 0.379 e. The molecule has 0 aromatic heterocycles. The zero-order chi connectivity index (χ0) is 14.1. The quantitative estimate of drug-likeness (QED) is 0.689. The number of halogens is 2. The first-order chi connectivity index (χ1) is 9.20. The van der Waals surface area contributed by atoms with Crippen molar-refractivity contribution in [3.63, 3.8) is 0 Å². The highest BCUT2D eigenvalue weighted by Gasteiger charge is 2.17. The number of nitrogens with one attached hydrogen (secondary N) is 1. The highest BCUT2D eigenvalue weighted by Crippen LogP contribution is 2.19. The Morgan fingerprint density at radius 2 is 2.00 bits per heavy atom. The van der Waals surface area contributed by atoms with Crippen LogP contribution >= 0.6 is 0 Å². The number of hydrogen-bond acceptors (Lipinski definition) is 2. The van der Waals surface area contributed by atoms with E-state index in [2.05, 4.69) is 12.2 Å². The molecule has 0 fully saturated rings. The Kier molecular flexibility index (Phi) is 7.60. The van der Waals surface area contributed by atoms with Crippen LogP contribution in [0.3, 0.4) is 0 Å². The maximum Gasteiger partial charge on any atom is 0.163 e. The molecule has 0 aliphatic carbocycles. The lowest BCUT2D eigenvalue weighted by Crippen LogP contribution is -2.26. The summed E-state index contributed by atoms with van der Waals surface area (Å²) >= 11 is 0. The van der Waals surface area contributed by atoms with E-state index in [0.29, 0.717) is 25.3 Å². The number of unbranched alkanes of at least 4 members (excludes halogenated alkanes) is 2. The second-order valence-corrected chi connectivity index (χ2v) is 4.54. The SMILES string of the molecule is CCCCCOCC(NCC)c1cccc(F)c1F. The summed E-state index contributed by atoms with van der Waals surface area (Å²) in [5.41, 5.74) is 0.331. The van der Waals surface area contributed by atoms with Crippen LogP contribution in [-0.2, 0) is 4.74 Å². The van der Waals surface area contributed by atoms with Gasteiger partial charge in [-0.1, -0.05) is 38.8 Å². The Morgan fingerprint density at radius 3 is 2.68 bits per heavy atom. The summed E-state index contributed by atoms with van der Waals surface area (Å²) in [6.45, 7) is 5.76. The molecule has 0 aliphatic rings. The van der Waals surface area contributed by atoms with Crippen molar-refractivity contribution in [3.05, 3.63) is 35.4 Å². The third-order valence-corrected chi connectivity index (χ3v) is 2.98. The molecule has 1 aromatic rings. The first-order valence-electron chi connectivity index (χ1n) is 6.95. The third kappa shape index (κ3) is 5.25. The van der Waals surface area contributed by atoms with Crippen LogP contribution in [0.15, 0.2) is 18.2 Å². The van der Waals surface area contributed by atoms with E-state index in [0.717, 1.165) is 25.3 Å². The summed E-state index contributed by atoms with van der Waals surface area (Å²) < 4.78 is 32.5. The summed E-state index contributed by atoms with van der Waals surface area (Å²) in [5, 5.41) is 3.13. The molecule has 1 N–H and O–H groups in total. The Morgan fingerprint density at radius 1 is 1.21 bits per heavy atom. The number of hydrogen-bond donors (Lipinski definition) is 1. The van der Waals surface area contributed by atoms with E-state index in [4.69, 9.17) is 4.74 Å². The van der Waals surface area contributed by atoms with Crippen molar-refractivity contribution in [2.75, 3.05) is 19.8 Å². The van der Waals surface area contributed by atoms with Gasteiger partial charge in [-0.3, -0.25) is 0 Å². The summed E-state index contributed by atoms with van der Waals surface area (Å²) in [5.74, 6) is -1.60. The minimum Gasteiger partial charge on any atom is -0.379 e. The normalized spacial score (nSPS) is 12.6. The molecule has 1 rings (SSSR count). The zero-order valence-electron chi connectivity index (χ0n) is 11.7. The molecule has 108 valence electrons. The zero-order valence-corrected chi connectivity index (χ0v) is 11.7. The van der Waals surface area contributed by atoms with Gasteiger partial charge in [0.25, 0.3) is 0 Å². The van der Waals surface area contributed by atoms with Crippen molar-refractivity contribution in [1.82, 2.24) is 5.32 Å². The molecule has 0 radical (unpaired) electrons. The maximum atomic E-state index is 13.7. The predicted octanol–water partition coefficient (Wildman–Crippen LogP) is 3.82. The van der Waals surface area contributed by atoms with Crippen LogP contribution in [0.1, 0.15) is 44.7 Å². The van der Waals surface area contributed by atoms with E-state index in [1.165, 1.54) is 6.07 Å². The Labute approximate surface area is 114 Å². The standard InChI is InChI=1S/C15H23F2NO/c1-3-5-6-10-19-11-14(18-4-2)12-8-7-9-13(16)15(12)17/h7-9,14,18H,3-6,10-11H2,1-2H3. The predicted molar refractivity (Wildman–Crippen MR) is 73.1 cm³/mol. The Balaban J connectivity index is 2.58. The van der Waals surface area contributed by atoms with Gasteiger partial charge in [-0.05, 0) is 19.0 Å². The van der Waals surface area contributed by atoms with Crippen LogP contribution in [0.4, 0.5) is 8.78 Å². The van der Waals surface area contributed by atoms with E-state index in [-0.39, 0.29) is 6.04 Å². The van der Waals surface area contributed by atoms with E-state index in [1.54, 1.807) is 6.07 Å². The molecule has 19 heavy (non-hydrogen) atoms. The average molecular weight is 271 g/mol. The minimum absolute atomic E-state index is 0.303. The van der Waals surface area contributed by atoms with E-state index < -0.39 is 11.6 Å². The van der Waals surface area contributed by atoms with Crippen LogP contribution < -0.4 is 5.32 Å². The van der Waals surface area contributed by atoms with Gasteiger partial charge in [-0.15, -0.1) is 0 Å². The molecular weight excluding hydrogens is 248 g/mol. The van der Waals surface area contributed by atoms with Crippen molar-refractivity contribution in [2.24, 2.45) is 0 Å². The van der Waals surface area contributed by atoms with Crippen LogP contribution in [0, 0.1) is 11.6 Å². The monoisotopic (exact) mass is 271 g/mol. The van der Waals surface area contributed by atoms with Gasteiger partial charge >= 0.3 is 0 Å². The maximum absolute atomic E-state index is 13.7. The van der Waals surface area contributed by atoms with Crippen LogP contribution in [0.5, 0.6) is 0 Å². The molecule has 1 aromatic carbocycles. The highest BCUT2D eigenvalue weighted by atomic mass is 19.2. The fourth-order valence-electron chi connectivity index (χ4n) is 1.95. The smallest absolute Gasteiger partial charge is 0.163 e. The minimum atomic E-state index is -0.814. The van der Waals surface area contributed by atoms with Crippen molar-refractivity contribution in [3.8, 4) is 0 Å². The fourth-order valence-corrected chi connectivity index (χ4v) is 1.95. The van der Waals surface area contributed by atoms with Gasteiger partial charge in [0.1, 0.15) is 0 Å². The Hall–Kier alpha value is -1.00. The summed E-state index contributed by atoms with van der Waals surface area (Å²) in [6, 6.07) is 3.95. The first kappa shape index (κ1) is 16.1. The van der Waals surface area contributed by atoms with Crippen molar-refractivity contribution in [1.29, 1.82) is 0 Å². The van der Waals surface area contributed by atoms with Crippen molar-refractivity contribution < 1.29 is 13.5 Å². The number of benzene rings is 1. The molecular formula is C15H23F2NO. The molecule has 0 saturated heterocycles. The summed E-state index contributed by atoms with van der Waals surface area (Å²) in [4.78, 5) is 0. The van der Waals surface area contributed by atoms with Crippen LogP contribution in [-0.4, -0.2) is 19.8 Å². The second-order valence-electron chi connectivity index (χ2n) is 4.54. The lowest BCUT2D eigenvalue weighted by atomic mass is 10.1. The van der Waals surface area contributed by atoms with Gasteiger partial charge in [0.05, 0.1) is 12.6 Å². The number of ether oxygens (including phenoxy) is 1. The second kappa shape index (κ2) is 8.99. The molecule has 0 spiro atoms. The van der Waals surface area contributed by atoms with Crippen molar-refractivity contribution in [2.45, 2.75) is 39.2 Å². The average Bonchev–Trinajstić information content (AvgIpc) is 2.41. The van der Waals surface area contributed by atoms with Gasteiger partial charge in [-0.25, -0.2) is 8.78 Å². The molecule has 0 bridgehead atoms. The molecule has 0 heterocycles.